The quantitative estimate of drug-likeness (QED) is 0.661. The Labute approximate surface area is 146 Å². The lowest BCUT2D eigenvalue weighted by Crippen LogP contribution is -2.14. The summed E-state index contributed by atoms with van der Waals surface area (Å²) in [6, 6.07) is 13.6. The maximum atomic E-state index is 11.9. The number of carbonyl (C=O) groups is 1. The fraction of sp³-hybridized carbons (Fsp3) is 0.222. The van der Waals surface area contributed by atoms with Crippen LogP contribution in [0.5, 0.6) is 5.75 Å². The Morgan fingerprint density at radius 2 is 1.96 bits per heavy atom. The Hall–Kier alpha value is -2.53. The number of fused-ring (bicyclic) bond motifs is 1. The van der Waals surface area contributed by atoms with Crippen LogP contribution in [-0.2, 0) is 16.1 Å². The van der Waals surface area contributed by atoms with Gasteiger partial charge in [-0.15, -0.1) is 12.4 Å². The van der Waals surface area contributed by atoms with E-state index in [4.69, 9.17) is 9.47 Å². The number of carbonyl (C=O) groups excluding carboxylic acids is 1. The smallest absolute Gasteiger partial charge is 0.326 e. The first-order chi connectivity index (χ1) is 11.2. The first-order valence-corrected chi connectivity index (χ1v) is 7.47. The normalized spacial score (nSPS) is 10.2. The lowest BCUT2D eigenvalue weighted by atomic mass is 10.1. The first-order valence-electron chi connectivity index (χ1n) is 7.47. The highest BCUT2D eigenvalue weighted by Gasteiger charge is 2.15. The van der Waals surface area contributed by atoms with Gasteiger partial charge in [0.15, 0.2) is 0 Å². The van der Waals surface area contributed by atoms with Crippen LogP contribution >= 0.6 is 12.4 Å². The topological polar surface area (TPSA) is 53.4 Å². The molecule has 0 N–H and O–H groups in total. The summed E-state index contributed by atoms with van der Waals surface area (Å²) in [6.45, 7) is 2.30. The minimum absolute atomic E-state index is 0. The largest absolute Gasteiger partial charge is 0.497 e. The van der Waals surface area contributed by atoms with Crippen molar-refractivity contribution in [2.75, 3.05) is 13.7 Å². The van der Waals surface area contributed by atoms with Crippen LogP contribution in [0, 0.1) is 0 Å². The Bertz CT molecular complexity index is 828. The van der Waals surface area contributed by atoms with Gasteiger partial charge in [-0.25, -0.2) is 4.98 Å². The van der Waals surface area contributed by atoms with Gasteiger partial charge in [0.05, 0.1) is 19.4 Å². The number of pyridine rings is 1. The number of nitrogens with zero attached hydrogens (tertiary/aromatic N) is 2. The predicted molar refractivity (Wildman–Crippen MR) is 95.6 cm³/mol. The summed E-state index contributed by atoms with van der Waals surface area (Å²) in [5, 5.41) is 0.989. The maximum absolute atomic E-state index is 11.9. The number of hydrogen-bond acceptors (Lipinski definition) is 4. The number of halogens is 1. The van der Waals surface area contributed by atoms with E-state index < -0.39 is 0 Å². The first kappa shape index (κ1) is 17.8. The molecule has 24 heavy (non-hydrogen) atoms. The van der Waals surface area contributed by atoms with Crippen LogP contribution in [0.15, 0.2) is 48.7 Å². The van der Waals surface area contributed by atoms with Crippen molar-refractivity contribution < 1.29 is 14.3 Å². The third-order valence-electron chi connectivity index (χ3n) is 3.63. The van der Waals surface area contributed by atoms with Gasteiger partial charge in [0, 0.05) is 11.6 Å². The van der Waals surface area contributed by atoms with Crippen molar-refractivity contribution in [3.05, 3.63) is 48.7 Å². The average molecular weight is 347 g/mol. The molecule has 0 aliphatic heterocycles. The lowest BCUT2D eigenvalue weighted by molar-refractivity contribution is -0.143. The number of rotatable bonds is 5. The minimum atomic E-state index is -0.273. The molecule has 0 saturated heterocycles. The Morgan fingerprint density at radius 3 is 2.62 bits per heavy atom. The molecule has 126 valence electrons. The molecule has 0 atom stereocenters. The van der Waals surface area contributed by atoms with Gasteiger partial charge in [-0.05, 0) is 55.0 Å². The highest BCUT2D eigenvalue weighted by atomic mass is 35.5. The second-order valence-corrected chi connectivity index (χ2v) is 5.07. The molecule has 0 amide bonds. The lowest BCUT2D eigenvalue weighted by Gasteiger charge is -2.10. The summed E-state index contributed by atoms with van der Waals surface area (Å²) in [7, 11) is 1.64. The van der Waals surface area contributed by atoms with Gasteiger partial charge in [0.2, 0.25) is 0 Å². The van der Waals surface area contributed by atoms with Crippen LogP contribution < -0.4 is 4.74 Å². The monoisotopic (exact) mass is 346 g/mol. The van der Waals surface area contributed by atoms with Crippen LogP contribution in [0.4, 0.5) is 0 Å². The zero-order valence-electron chi connectivity index (χ0n) is 13.6. The number of hydrogen-bond donors (Lipinski definition) is 0. The van der Waals surface area contributed by atoms with Gasteiger partial charge in [0.25, 0.3) is 0 Å². The summed E-state index contributed by atoms with van der Waals surface area (Å²) >= 11 is 0. The van der Waals surface area contributed by atoms with Crippen LogP contribution in [0.3, 0.4) is 0 Å². The van der Waals surface area contributed by atoms with Gasteiger partial charge in [-0.2, -0.15) is 0 Å². The van der Waals surface area contributed by atoms with E-state index in [1.54, 1.807) is 20.2 Å². The molecule has 2 aromatic heterocycles. The van der Waals surface area contributed by atoms with Gasteiger partial charge in [0.1, 0.15) is 17.9 Å². The molecule has 0 unspecified atom stereocenters. The molecule has 0 fully saturated rings. The van der Waals surface area contributed by atoms with Crippen LogP contribution in [0.2, 0.25) is 0 Å². The number of methoxy groups -OCH3 is 1. The van der Waals surface area contributed by atoms with Crippen molar-refractivity contribution in [3.63, 3.8) is 0 Å². The van der Waals surface area contributed by atoms with Crippen LogP contribution in [0.25, 0.3) is 22.3 Å². The third kappa shape index (κ3) is 3.51. The Kier molecular flexibility index (Phi) is 5.82. The van der Waals surface area contributed by atoms with E-state index in [1.807, 2.05) is 47.0 Å². The number of benzene rings is 1. The second-order valence-electron chi connectivity index (χ2n) is 5.07. The Morgan fingerprint density at radius 1 is 1.21 bits per heavy atom. The minimum Gasteiger partial charge on any atom is -0.497 e. The standard InChI is InChI=1S/C18H18N2O3.ClH/c1-3-23-17(21)12-20-16(11-14-5-4-10-19-18(14)20)13-6-8-15(22-2)9-7-13;/h4-11H,3,12H2,1-2H3;1H. The number of ether oxygens (including phenoxy) is 2. The molecule has 2 heterocycles. The zero-order chi connectivity index (χ0) is 16.2. The van der Waals surface area contributed by atoms with Crippen LogP contribution in [0.1, 0.15) is 6.92 Å². The third-order valence-corrected chi connectivity index (χ3v) is 3.63. The molecule has 3 rings (SSSR count). The zero-order valence-corrected chi connectivity index (χ0v) is 14.4. The summed E-state index contributed by atoms with van der Waals surface area (Å²) < 4.78 is 12.2. The van der Waals surface area contributed by atoms with Crippen molar-refractivity contribution in [1.29, 1.82) is 0 Å². The van der Waals surface area contributed by atoms with E-state index in [-0.39, 0.29) is 24.9 Å². The molecule has 3 aromatic rings. The van der Waals surface area contributed by atoms with Crippen molar-refractivity contribution in [3.8, 4) is 17.0 Å². The van der Waals surface area contributed by atoms with E-state index in [1.165, 1.54) is 0 Å². The molecule has 0 spiro atoms. The summed E-state index contributed by atoms with van der Waals surface area (Å²) in [6.07, 6.45) is 1.72. The predicted octanol–water partition coefficient (Wildman–Crippen LogP) is 3.70. The van der Waals surface area contributed by atoms with Crippen LogP contribution in [-0.4, -0.2) is 29.2 Å². The molecule has 0 radical (unpaired) electrons. The van der Waals surface area contributed by atoms with Crippen molar-refractivity contribution in [2.24, 2.45) is 0 Å². The summed E-state index contributed by atoms with van der Waals surface area (Å²) in [5.74, 6) is 0.519. The molecular weight excluding hydrogens is 328 g/mol. The number of esters is 1. The molecule has 5 nitrogen and oxygen atoms in total. The van der Waals surface area contributed by atoms with E-state index in [0.29, 0.717) is 6.61 Å². The van der Waals surface area contributed by atoms with Gasteiger partial charge in [-0.3, -0.25) is 4.79 Å². The number of aromatic nitrogens is 2. The summed E-state index contributed by atoms with van der Waals surface area (Å²) in [5.41, 5.74) is 2.69. The highest BCUT2D eigenvalue weighted by Crippen LogP contribution is 2.28. The van der Waals surface area contributed by atoms with E-state index in [9.17, 15) is 4.79 Å². The summed E-state index contributed by atoms with van der Waals surface area (Å²) in [4.78, 5) is 16.4. The highest BCUT2D eigenvalue weighted by molar-refractivity contribution is 5.86. The Balaban J connectivity index is 0.00000208. The molecule has 0 aliphatic rings. The molecule has 1 aromatic carbocycles. The van der Waals surface area contributed by atoms with Crippen molar-refractivity contribution in [1.82, 2.24) is 9.55 Å². The van der Waals surface area contributed by atoms with E-state index in [2.05, 4.69) is 4.98 Å². The van der Waals surface area contributed by atoms with Crippen molar-refractivity contribution in [2.45, 2.75) is 13.5 Å². The van der Waals surface area contributed by atoms with Gasteiger partial charge >= 0.3 is 5.97 Å². The van der Waals surface area contributed by atoms with Gasteiger partial charge in [-0.1, -0.05) is 0 Å². The van der Waals surface area contributed by atoms with E-state index in [0.717, 1.165) is 28.0 Å². The second kappa shape index (κ2) is 7.84. The van der Waals surface area contributed by atoms with Crippen molar-refractivity contribution >= 4 is 29.4 Å². The molecule has 0 bridgehead atoms. The fourth-order valence-electron chi connectivity index (χ4n) is 2.58. The molecule has 6 heteroatoms. The maximum Gasteiger partial charge on any atom is 0.326 e. The van der Waals surface area contributed by atoms with E-state index >= 15 is 0 Å². The molecule has 0 saturated carbocycles. The molecular formula is C18H19ClN2O3. The fourth-order valence-corrected chi connectivity index (χ4v) is 2.58. The molecule has 0 aliphatic carbocycles. The SMILES string of the molecule is CCOC(=O)Cn1c(-c2ccc(OC)cc2)cc2cccnc21.Cl. The average Bonchev–Trinajstić information content (AvgIpc) is 2.94. The van der Waals surface area contributed by atoms with Gasteiger partial charge < -0.3 is 14.0 Å².